The molecule has 2 aromatic carbocycles. The molecule has 7 nitrogen and oxygen atoms in total. The van der Waals surface area contributed by atoms with Crippen molar-refractivity contribution in [3.8, 4) is 45.1 Å². The summed E-state index contributed by atoms with van der Waals surface area (Å²) in [7, 11) is 0. The van der Waals surface area contributed by atoms with Crippen molar-refractivity contribution >= 4 is 11.9 Å². The van der Waals surface area contributed by atoms with Crippen molar-refractivity contribution in [2.24, 2.45) is 0 Å². The molecule has 6 rings (SSSR count). The van der Waals surface area contributed by atoms with Gasteiger partial charge in [-0.25, -0.2) is 9.37 Å². The van der Waals surface area contributed by atoms with Crippen LogP contribution in [0, 0.1) is 5.82 Å². The van der Waals surface area contributed by atoms with Crippen molar-refractivity contribution in [3.63, 3.8) is 0 Å². The third-order valence-electron chi connectivity index (χ3n) is 5.40. The van der Waals surface area contributed by atoms with Gasteiger partial charge in [0.1, 0.15) is 11.5 Å². The lowest BCUT2D eigenvalue weighted by atomic mass is 10.0. The first kappa shape index (κ1) is 23.1. The Labute approximate surface area is 200 Å². The number of nitrogens with zero attached hydrogens (tertiary/aromatic N) is 3. The fourth-order valence-electron chi connectivity index (χ4n) is 3.78. The van der Waals surface area contributed by atoms with Gasteiger partial charge in [0.25, 0.3) is 0 Å². The maximum Gasteiger partial charge on any atom is 0.446 e. The lowest BCUT2D eigenvalue weighted by Crippen LogP contribution is -2.07. The first-order chi connectivity index (χ1) is 17.3. The van der Waals surface area contributed by atoms with E-state index in [1.54, 1.807) is 24.4 Å². The fraction of sp³-hybridized carbons (Fsp3) is 0.0800. The molecule has 182 valence electrons. The molecule has 0 spiro atoms. The van der Waals surface area contributed by atoms with E-state index in [1.807, 2.05) is 47.1 Å². The minimum absolute atomic E-state index is 0.232. The number of nitrogens with one attached hydrogen (secondary N) is 1. The Hall–Kier alpha value is -4.67. The zero-order valence-corrected chi connectivity index (χ0v) is 18.3. The zero-order valence-electron chi connectivity index (χ0n) is 18.3. The zero-order chi connectivity index (χ0) is 25.3. The number of aromatic amines is 1. The maximum absolute atomic E-state index is 14.4. The second-order valence-corrected chi connectivity index (χ2v) is 7.66. The first-order valence-electron chi connectivity index (χ1n) is 10.5. The molecule has 1 aliphatic rings. The first-order valence-corrected chi connectivity index (χ1v) is 10.5. The number of fused-ring (bicyclic) bond motifs is 2. The summed E-state index contributed by atoms with van der Waals surface area (Å²) >= 11 is 0. The van der Waals surface area contributed by atoms with Gasteiger partial charge in [0, 0.05) is 28.5 Å². The van der Waals surface area contributed by atoms with Crippen LogP contribution in [-0.4, -0.2) is 38.8 Å². The molecule has 5 aromatic rings. The maximum atomic E-state index is 14.4. The number of carbonyl (C=O) groups is 1. The van der Waals surface area contributed by atoms with Crippen molar-refractivity contribution in [3.05, 3.63) is 79.0 Å². The molecule has 1 aliphatic heterocycles. The van der Waals surface area contributed by atoms with E-state index in [4.69, 9.17) is 14.3 Å². The topological polar surface area (TPSA) is 81.5 Å². The molecular formula is C25H16F4N4O3. The fourth-order valence-corrected chi connectivity index (χ4v) is 3.78. The second-order valence-electron chi connectivity index (χ2n) is 7.66. The Bertz CT molecular complexity index is 1560. The van der Waals surface area contributed by atoms with Gasteiger partial charge in [0.05, 0.1) is 23.8 Å². The van der Waals surface area contributed by atoms with Gasteiger partial charge in [-0.1, -0.05) is 12.1 Å². The van der Waals surface area contributed by atoms with Crippen molar-refractivity contribution < 1.29 is 31.8 Å². The van der Waals surface area contributed by atoms with Gasteiger partial charge in [0.2, 0.25) is 13.1 Å². The second kappa shape index (κ2) is 9.17. The predicted molar refractivity (Wildman–Crippen MR) is 122 cm³/mol. The van der Waals surface area contributed by atoms with E-state index < -0.39 is 12.5 Å². The Kier molecular flexibility index (Phi) is 5.88. The lowest BCUT2D eigenvalue weighted by Gasteiger charge is -2.08. The molecule has 0 radical (unpaired) electrons. The highest BCUT2D eigenvalue weighted by Crippen LogP contribution is 2.37. The quantitative estimate of drug-likeness (QED) is 0.257. The summed E-state index contributed by atoms with van der Waals surface area (Å²) in [6.45, 7) is 0.232. The molecule has 36 heavy (non-hydrogen) atoms. The Morgan fingerprint density at radius 2 is 1.69 bits per heavy atom. The smallest absolute Gasteiger partial charge is 0.446 e. The van der Waals surface area contributed by atoms with Gasteiger partial charge >= 0.3 is 6.18 Å². The minimum Gasteiger partial charge on any atom is -0.454 e. The summed E-state index contributed by atoms with van der Waals surface area (Å²) in [5, 5.41) is 7.09. The molecule has 0 unspecified atom stereocenters. The largest absolute Gasteiger partial charge is 0.454 e. The van der Waals surface area contributed by atoms with E-state index in [0.717, 1.165) is 39.5 Å². The van der Waals surface area contributed by atoms with E-state index in [9.17, 15) is 17.6 Å². The Morgan fingerprint density at radius 1 is 0.944 bits per heavy atom. The van der Waals surface area contributed by atoms with Crippen LogP contribution in [0.25, 0.3) is 39.3 Å². The SMILES string of the molecule is Fc1ccccc1-c1[nH]ncc1-c1ccc2ncc(-c3ccc4c(c3)OCO4)n2c1.O=CC(F)(F)F. The summed E-state index contributed by atoms with van der Waals surface area (Å²) in [6.07, 6.45) is -0.186. The number of benzene rings is 2. The van der Waals surface area contributed by atoms with Crippen LogP contribution in [0.2, 0.25) is 0 Å². The van der Waals surface area contributed by atoms with Crippen LogP contribution in [-0.2, 0) is 4.79 Å². The van der Waals surface area contributed by atoms with Crippen LogP contribution in [0.3, 0.4) is 0 Å². The molecule has 0 fully saturated rings. The van der Waals surface area contributed by atoms with Gasteiger partial charge in [-0.05, 0) is 42.5 Å². The number of H-pyrrole nitrogens is 1. The summed E-state index contributed by atoms with van der Waals surface area (Å²) < 4.78 is 58.5. The molecule has 0 saturated heterocycles. The van der Waals surface area contributed by atoms with Crippen molar-refractivity contribution in [1.82, 2.24) is 19.6 Å². The van der Waals surface area contributed by atoms with Gasteiger partial charge < -0.3 is 9.47 Å². The van der Waals surface area contributed by atoms with E-state index in [0.29, 0.717) is 11.3 Å². The molecule has 0 bridgehead atoms. The summed E-state index contributed by atoms with van der Waals surface area (Å²) in [5.74, 6) is 1.16. The average Bonchev–Trinajstić information content (AvgIpc) is 3.62. The Morgan fingerprint density at radius 3 is 2.47 bits per heavy atom. The van der Waals surface area contributed by atoms with Crippen LogP contribution in [0.5, 0.6) is 11.5 Å². The van der Waals surface area contributed by atoms with Crippen LogP contribution in [0.4, 0.5) is 17.6 Å². The number of pyridine rings is 1. The number of carbonyl (C=O) groups excluding carboxylic acids is 1. The van der Waals surface area contributed by atoms with Crippen LogP contribution < -0.4 is 9.47 Å². The summed E-state index contributed by atoms with van der Waals surface area (Å²) in [6, 6.07) is 16.4. The molecule has 11 heteroatoms. The number of rotatable bonds is 3. The third kappa shape index (κ3) is 4.50. The average molecular weight is 496 g/mol. The molecule has 1 N–H and O–H groups in total. The lowest BCUT2D eigenvalue weighted by molar-refractivity contribution is -0.156. The molecule has 4 heterocycles. The number of halogens is 4. The highest BCUT2D eigenvalue weighted by Gasteiger charge is 2.25. The summed E-state index contributed by atoms with van der Waals surface area (Å²) in [4.78, 5) is 13.2. The number of ether oxygens (including phenoxy) is 2. The number of hydrogen-bond donors (Lipinski definition) is 1. The van der Waals surface area contributed by atoms with Gasteiger partial charge in [-0.2, -0.15) is 18.3 Å². The molecule has 0 amide bonds. The van der Waals surface area contributed by atoms with Crippen LogP contribution in [0.1, 0.15) is 0 Å². The van der Waals surface area contributed by atoms with Gasteiger partial charge in [-0.3, -0.25) is 14.3 Å². The number of hydrogen-bond acceptors (Lipinski definition) is 5. The van der Waals surface area contributed by atoms with Gasteiger partial charge in [0.15, 0.2) is 11.5 Å². The van der Waals surface area contributed by atoms with Crippen LogP contribution in [0.15, 0.2) is 73.2 Å². The van der Waals surface area contributed by atoms with Crippen molar-refractivity contribution in [2.45, 2.75) is 6.18 Å². The minimum atomic E-state index is -4.64. The van der Waals surface area contributed by atoms with Crippen LogP contribution >= 0.6 is 0 Å². The Balaban J connectivity index is 0.000000400. The van der Waals surface area contributed by atoms with Gasteiger partial charge in [-0.15, -0.1) is 0 Å². The highest BCUT2D eigenvalue weighted by molar-refractivity contribution is 5.81. The summed E-state index contributed by atoms with van der Waals surface area (Å²) in [5.41, 5.74) is 5.51. The standard InChI is InChI=1S/C23H15FN4O2.C2HF3O/c24-18-4-2-1-3-16(18)23-17(10-26-27-23)15-6-8-22-25-11-19(28(22)12-15)14-5-7-20-21(9-14)30-13-29-20;3-2(4,5)1-6/h1-12H,13H2,(H,26,27);1H. The third-order valence-corrected chi connectivity index (χ3v) is 5.40. The van der Waals surface area contributed by atoms with E-state index in [1.165, 1.54) is 6.07 Å². The molecule has 0 aliphatic carbocycles. The normalized spacial score (nSPS) is 12.3. The monoisotopic (exact) mass is 496 g/mol. The highest BCUT2D eigenvalue weighted by atomic mass is 19.4. The number of aromatic nitrogens is 4. The van der Waals surface area contributed by atoms with E-state index in [2.05, 4.69) is 15.2 Å². The predicted octanol–water partition coefficient (Wildman–Crippen LogP) is 5.67. The molecule has 3 aromatic heterocycles. The molecular weight excluding hydrogens is 480 g/mol. The van der Waals surface area contributed by atoms with E-state index >= 15 is 0 Å². The molecule has 0 atom stereocenters. The number of imidazole rings is 1. The van der Waals surface area contributed by atoms with Crippen molar-refractivity contribution in [1.29, 1.82) is 0 Å². The number of alkyl halides is 3. The van der Waals surface area contributed by atoms with Crippen molar-refractivity contribution in [2.75, 3.05) is 6.79 Å². The molecule has 0 saturated carbocycles. The number of aldehydes is 1. The van der Waals surface area contributed by atoms with E-state index in [-0.39, 0.29) is 12.6 Å².